The highest BCUT2D eigenvalue weighted by molar-refractivity contribution is 6.30. The second kappa shape index (κ2) is 6.64. The van der Waals surface area contributed by atoms with E-state index in [9.17, 15) is 4.79 Å². The van der Waals surface area contributed by atoms with E-state index in [0.29, 0.717) is 10.7 Å². The third-order valence-electron chi connectivity index (χ3n) is 3.33. The molecule has 0 fully saturated rings. The van der Waals surface area contributed by atoms with Gasteiger partial charge in [0, 0.05) is 10.7 Å². The van der Waals surface area contributed by atoms with Crippen molar-refractivity contribution in [1.82, 2.24) is 5.32 Å². The molecule has 2 rings (SSSR count). The lowest BCUT2D eigenvalue weighted by Crippen LogP contribution is -2.31. The van der Waals surface area contributed by atoms with Gasteiger partial charge in [-0.3, -0.25) is 0 Å². The van der Waals surface area contributed by atoms with E-state index in [0.717, 1.165) is 11.1 Å². The molecule has 1 unspecified atom stereocenters. The highest BCUT2D eigenvalue weighted by Crippen LogP contribution is 2.19. The molecule has 0 aliphatic heterocycles. The predicted octanol–water partition coefficient (Wildman–Crippen LogP) is 4.84. The largest absolute Gasteiger partial charge is 0.331 e. The van der Waals surface area contributed by atoms with Crippen LogP contribution in [0.5, 0.6) is 0 Å². The molecule has 2 aromatic rings. The van der Waals surface area contributed by atoms with Crippen LogP contribution in [0.15, 0.2) is 42.5 Å². The second-order valence-electron chi connectivity index (χ2n) is 5.19. The molecule has 21 heavy (non-hydrogen) atoms. The summed E-state index contributed by atoms with van der Waals surface area (Å²) in [6, 6.07) is 13.0. The van der Waals surface area contributed by atoms with E-state index < -0.39 is 0 Å². The molecule has 0 bridgehead atoms. The molecule has 2 aromatic carbocycles. The van der Waals surface area contributed by atoms with Crippen molar-refractivity contribution in [2.45, 2.75) is 26.8 Å². The van der Waals surface area contributed by atoms with Crippen LogP contribution < -0.4 is 10.6 Å². The van der Waals surface area contributed by atoms with E-state index in [1.165, 1.54) is 5.56 Å². The van der Waals surface area contributed by atoms with Crippen molar-refractivity contribution < 1.29 is 4.79 Å². The lowest BCUT2D eigenvalue weighted by Gasteiger charge is -2.18. The minimum atomic E-state index is -0.245. The zero-order chi connectivity index (χ0) is 15.4. The van der Waals surface area contributed by atoms with Crippen molar-refractivity contribution in [2.24, 2.45) is 0 Å². The number of aryl methyl sites for hydroxylation is 2. The number of nitrogens with one attached hydrogen (secondary N) is 2. The molecule has 1 atom stereocenters. The van der Waals surface area contributed by atoms with Crippen LogP contribution in [0, 0.1) is 13.8 Å². The van der Waals surface area contributed by atoms with Gasteiger partial charge in [0.05, 0.1) is 6.04 Å². The number of anilines is 1. The molecule has 0 saturated heterocycles. The van der Waals surface area contributed by atoms with Gasteiger partial charge in [-0.15, -0.1) is 0 Å². The van der Waals surface area contributed by atoms with Gasteiger partial charge in [-0.1, -0.05) is 41.4 Å². The fourth-order valence-corrected chi connectivity index (χ4v) is 2.42. The average Bonchev–Trinajstić information content (AvgIpc) is 2.41. The Morgan fingerprint density at radius 2 is 1.90 bits per heavy atom. The smallest absolute Gasteiger partial charge is 0.319 e. The fraction of sp³-hybridized carbons (Fsp3) is 0.235. The van der Waals surface area contributed by atoms with Gasteiger partial charge in [0.15, 0.2) is 0 Å². The molecule has 4 heteroatoms. The number of rotatable bonds is 3. The molecule has 2 N–H and O–H groups in total. The van der Waals surface area contributed by atoms with Crippen molar-refractivity contribution in [1.29, 1.82) is 0 Å². The molecule has 3 nitrogen and oxygen atoms in total. The van der Waals surface area contributed by atoms with Crippen LogP contribution in [-0.2, 0) is 0 Å². The van der Waals surface area contributed by atoms with Crippen LogP contribution in [0.3, 0.4) is 0 Å². The first-order chi connectivity index (χ1) is 9.95. The van der Waals surface area contributed by atoms with Gasteiger partial charge in [0.25, 0.3) is 0 Å². The molecular weight excluding hydrogens is 284 g/mol. The summed E-state index contributed by atoms with van der Waals surface area (Å²) in [7, 11) is 0. The number of urea groups is 1. The molecule has 0 aromatic heterocycles. The van der Waals surface area contributed by atoms with Crippen LogP contribution in [-0.4, -0.2) is 6.03 Å². The second-order valence-corrected chi connectivity index (χ2v) is 5.63. The first kappa shape index (κ1) is 15.4. The van der Waals surface area contributed by atoms with Gasteiger partial charge in [-0.05, 0) is 50.1 Å². The third kappa shape index (κ3) is 4.23. The van der Waals surface area contributed by atoms with E-state index in [1.807, 2.05) is 20.8 Å². The normalized spacial score (nSPS) is 11.8. The number of hydrogen-bond donors (Lipinski definition) is 2. The van der Waals surface area contributed by atoms with Crippen molar-refractivity contribution in [2.75, 3.05) is 5.32 Å². The van der Waals surface area contributed by atoms with Gasteiger partial charge in [0.2, 0.25) is 0 Å². The Morgan fingerprint density at radius 1 is 1.14 bits per heavy atom. The summed E-state index contributed by atoms with van der Waals surface area (Å²) in [6.07, 6.45) is 0. The van der Waals surface area contributed by atoms with Crippen molar-refractivity contribution in [3.05, 3.63) is 64.2 Å². The molecule has 0 saturated carbocycles. The Bertz CT molecular complexity index is 655. The summed E-state index contributed by atoms with van der Waals surface area (Å²) in [5.41, 5.74) is 4.14. The van der Waals surface area contributed by atoms with E-state index in [1.54, 1.807) is 24.3 Å². The predicted molar refractivity (Wildman–Crippen MR) is 87.9 cm³/mol. The lowest BCUT2D eigenvalue weighted by molar-refractivity contribution is 0.249. The van der Waals surface area contributed by atoms with Crippen molar-refractivity contribution >= 4 is 23.3 Å². The Morgan fingerprint density at radius 3 is 2.62 bits per heavy atom. The number of carbonyl (C=O) groups excluding carboxylic acids is 1. The van der Waals surface area contributed by atoms with Crippen molar-refractivity contribution in [3.63, 3.8) is 0 Å². The Kier molecular flexibility index (Phi) is 4.86. The fourth-order valence-electron chi connectivity index (χ4n) is 2.23. The van der Waals surface area contributed by atoms with E-state index >= 15 is 0 Å². The van der Waals surface area contributed by atoms with Crippen LogP contribution in [0.25, 0.3) is 0 Å². The molecule has 110 valence electrons. The monoisotopic (exact) mass is 302 g/mol. The van der Waals surface area contributed by atoms with Gasteiger partial charge in [-0.25, -0.2) is 4.79 Å². The van der Waals surface area contributed by atoms with Crippen LogP contribution >= 0.6 is 11.6 Å². The minimum Gasteiger partial charge on any atom is -0.331 e. The Labute approximate surface area is 130 Å². The quantitative estimate of drug-likeness (QED) is 0.837. The molecule has 0 aliphatic carbocycles. The molecule has 0 radical (unpaired) electrons. The first-order valence-corrected chi connectivity index (χ1v) is 7.24. The lowest BCUT2D eigenvalue weighted by atomic mass is 10.0. The maximum atomic E-state index is 12.0. The Hall–Kier alpha value is -2.00. The average molecular weight is 303 g/mol. The maximum Gasteiger partial charge on any atom is 0.319 e. The van der Waals surface area contributed by atoms with E-state index in [4.69, 9.17) is 11.6 Å². The number of halogens is 1. The summed E-state index contributed by atoms with van der Waals surface area (Å²) in [5, 5.41) is 6.31. The summed E-state index contributed by atoms with van der Waals surface area (Å²) < 4.78 is 0. The molecule has 0 heterocycles. The molecule has 0 spiro atoms. The third-order valence-corrected chi connectivity index (χ3v) is 3.57. The standard InChI is InChI=1S/C17H19ClN2O/c1-11-7-8-12(2)16(9-11)13(3)19-17(21)20-15-6-4-5-14(18)10-15/h4-10,13H,1-3H3,(H2,19,20,21). The molecule has 2 amide bonds. The highest BCUT2D eigenvalue weighted by atomic mass is 35.5. The summed E-state index contributed by atoms with van der Waals surface area (Å²) in [5.74, 6) is 0. The highest BCUT2D eigenvalue weighted by Gasteiger charge is 2.12. The number of benzene rings is 2. The minimum absolute atomic E-state index is 0.0657. The summed E-state index contributed by atoms with van der Waals surface area (Å²) >= 11 is 5.90. The van der Waals surface area contributed by atoms with Crippen molar-refractivity contribution in [3.8, 4) is 0 Å². The maximum absolute atomic E-state index is 12.0. The summed E-state index contributed by atoms with van der Waals surface area (Å²) in [6.45, 7) is 6.06. The van der Waals surface area contributed by atoms with Gasteiger partial charge in [0.1, 0.15) is 0 Å². The molecule has 0 aliphatic rings. The zero-order valence-corrected chi connectivity index (χ0v) is 13.2. The SMILES string of the molecule is Cc1ccc(C)c(C(C)NC(=O)Nc2cccc(Cl)c2)c1. The van der Waals surface area contributed by atoms with E-state index in [2.05, 4.69) is 28.8 Å². The van der Waals surface area contributed by atoms with Gasteiger partial charge >= 0.3 is 6.03 Å². The summed E-state index contributed by atoms with van der Waals surface area (Å²) in [4.78, 5) is 12.0. The van der Waals surface area contributed by atoms with Crippen LogP contribution in [0.4, 0.5) is 10.5 Å². The Balaban J connectivity index is 2.03. The topological polar surface area (TPSA) is 41.1 Å². The van der Waals surface area contributed by atoms with Crippen LogP contribution in [0.2, 0.25) is 5.02 Å². The number of carbonyl (C=O) groups is 1. The van der Waals surface area contributed by atoms with Gasteiger partial charge in [-0.2, -0.15) is 0 Å². The molecular formula is C17H19ClN2O. The number of amides is 2. The van der Waals surface area contributed by atoms with Gasteiger partial charge < -0.3 is 10.6 Å². The first-order valence-electron chi connectivity index (χ1n) is 6.86. The number of hydrogen-bond acceptors (Lipinski definition) is 1. The van der Waals surface area contributed by atoms with Crippen LogP contribution in [0.1, 0.15) is 29.7 Å². The van der Waals surface area contributed by atoms with E-state index in [-0.39, 0.29) is 12.1 Å². The zero-order valence-electron chi connectivity index (χ0n) is 12.4.